The molecule has 1 aromatic carbocycles. The van der Waals surface area contributed by atoms with E-state index in [-0.39, 0.29) is 5.56 Å². The number of aryl methyl sites for hydroxylation is 1. The summed E-state index contributed by atoms with van der Waals surface area (Å²) in [5.41, 5.74) is 0.169. The number of aromatic carboxylic acids is 1. The van der Waals surface area contributed by atoms with E-state index in [9.17, 15) is 14.7 Å². The van der Waals surface area contributed by atoms with Crippen molar-refractivity contribution in [1.82, 2.24) is 4.57 Å². The monoisotopic (exact) mass is 348 g/mol. The van der Waals surface area contributed by atoms with Crippen LogP contribution in [0.5, 0.6) is 0 Å². The van der Waals surface area contributed by atoms with Gasteiger partial charge in [0, 0.05) is 23.5 Å². The number of aromatic nitrogens is 1. The van der Waals surface area contributed by atoms with Crippen molar-refractivity contribution in [3.63, 3.8) is 0 Å². The van der Waals surface area contributed by atoms with Gasteiger partial charge in [0.2, 0.25) is 5.43 Å². The van der Waals surface area contributed by atoms with Gasteiger partial charge in [0.05, 0.1) is 10.4 Å². The van der Waals surface area contributed by atoms with E-state index in [0.717, 1.165) is 15.5 Å². The summed E-state index contributed by atoms with van der Waals surface area (Å²) < 4.78 is 1.78. The number of hydrogen-bond acceptors (Lipinski definition) is 4. The highest BCUT2D eigenvalue weighted by molar-refractivity contribution is 7.22. The van der Waals surface area contributed by atoms with Crippen LogP contribution in [0.1, 0.15) is 17.3 Å². The Kier molecular flexibility index (Phi) is 4.11. The first-order chi connectivity index (χ1) is 11.0. The molecule has 0 atom stereocenters. The molecule has 5 nitrogen and oxygen atoms in total. The molecular formula is C16H13ClN2O3S. The molecule has 0 spiro atoms. The third-order valence-electron chi connectivity index (χ3n) is 3.43. The van der Waals surface area contributed by atoms with Crippen LogP contribution in [0.3, 0.4) is 0 Å². The number of rotatable bonds is 4. The minimum absolute atomic E-state index is 0.213. The molecule has 2 heterocycles. The zero-order chi connectivity index (χ0) is 16.6. The zero-order valence-electron chi connectivity index (χ0n) is 12.2. The number of carboxylic acid groups (broad SMARTS) is 1. The Morgan fingerprint density at radius 3 is 2.65 bits per heavy atom. The predicted octanol–water partition coefficient (Wildman–Crippen LogP) is 4.18. The third-order valence-corrected chi connectivity index (χ3v) is 4.77. The number of anilines is 2. The fraction of sp³-hybridized carbons (Fsp3) is 0.125. The second-order valence-electron chi connectivity index (χ2n) is 4.92. The van der Waals surface area contributed by atoms with Crippen molar-refractivity contribution in [3.8, 4) is 0 Å². The maximum atomic E-state index is 12.3. The van der Waals surface area contributed by atoms with Crippen LogP contribution in [-0.2, 0) is 6.54 Å². The number of nitrogens with one attached hydrogen (secondary N) is 1. The first kappa shape index (κ1) is 15.6. The molecule has 3 rings (SSSR count). The van der Waals surface area contributed by atoms with Crippen molar-refractivity contribution in [1.29, 1.82) is 0 Å². The minimum Gasteiger partial charge on any atom is -0.477 e. The van der Waals surface area contributed by atoms with Gasteiger partial charge in [-0.15, -0.1) is 0 Å². The van der Waals surface area contributed by atoms with Crippen molar-refractivity contribution in [2.75, 3.05) is 5.32 Å². The number of pyridine rings is 1. The molecule has 0 amide bonds. The van der Waals surface area contributed by atoms with Gasteiger partial charge in [-0.25, -0.2) is 4.79 Å². The van der Waals surface area contributed by atoms with Crippen molar-refractivity contribution in [2.45, 2.75) is 13.5 Å². The molecule has 7 heteroatoms. The maximum Gasteiger partial charge on any atom is 0.341 e. The molecule has 0 fully saturated rings. The Balaban J connectivity index is 2.10. The van der Waals surface area contributed by atoms with Gasteiger partial charge in [0.1, 0.15) is 10.4 Å². The number of fused-ring (bicyclic) bond motifs is 1. The molecule has 118 valence electrons. The highest BCUT2D eigenvalue weighted by atomic mass is 35.5. The van der Waals surface area contributed by atoms with Gasteiger partial charge in [-0.3, -0.25) is 4.79 Å². The number of hydrogen-bond donors (Lipinski definition) is 2. The molecule has 2 aromatic heterocycles. The fourth-order valence-electron chi connectivity index (χ4n) is 2.30. The molecule has 0 saturated carbocycles. The Morgan fingerprint density at radius 2 is 2.04 bits per heavy atom. The highest BCUT2D eigenvalue weighted by Crippen LogP contribution is 2.31. The van der Waals surface area contributed by atoms with E-state index in [1.54, 1.807) is 22.8 Å². The molecule has 3 aromatic rings. The number of halogens is 1. The average molecular weight is 349 g/mol. The summed E-state index contributed by atoms with van der Waals surface area (Å²) in [6.45, 7) is 2.49. The van der Waals surface area contributed by atoms with Gasteiger partial charge in [0.15, 0.2) is 0 Å². The van der Waals surface area contributed by atoms with Gasteiger partial charge in [-0.05, 0) is 37.3 Å². The molecule has 0 saturated heterocycles. The van der Waals surface area contributed by atoms with Crippen LogP contribution in [-0.4, -0.2) is 15.6 Å². The maximum absolute atomic E-state index is 12.3. The van der Waals surface area contributed by atoms with Crippen LogP contribution < -0.4 is 10.7 Å². The summed E-state index contributed by atoms with van der Waals surface area (Å²) in [6, 6.07) is 8.90. The lowest BCUT2D eigenvalue weighted by molar-refractivity contribution is 0.0695. The zero-order valence-corrected chi connectivity index (χ0v) is 13.7. The fourth-order valence-corrected chi connectivity index (χ4v) is 3.54. The molecule has 0 bridgehead atoms. The van der Waals surface area contributed by atoms with E-state index in [1.165, 1.54) is 17.5 Å². The second-order valence-corrected chi connectivity index (χ2v) is 6.39. The minimum atomic E-state index is -1.21. The smallest absolute Gasteiger partial charge is 0.341 e. The van der Waals surface area contributed by atoms with E-state index < -0.39 is 11.4 Å². The van der Waals surface area contributed by atoms with Crippen molar-refractivity contribution < 1.29 is 9.90 Å². The Bertz CT molecular complexity index is 944. The highest BCUT2D eigenvalue weighted by Gasteiger charge is 2.16. The number of carboxylic acids is 1. The van der Waals surface area contributed by atoms with Crippen LogP contribution in [0.2, 0.25) is 5.02 Å². The van der Waals surface area contributed by atoms with Crippen LogP contribution in [0.15, 0.2) is 41.3 Å². The van der Waals surface area contributed by atoms with Crippen LogP contribution in [0.25, 0.3) is 10.2 Å². The molecule has 0 aliphatic heterocycles. The Morgan fingerprint density at radius 1 is 1.35 bits per heavy atom. The summed E-state index contributed by atoms with van der Waals surface area (Å²) in [5.74, 6) is -1.21. The Labute approximate surface area is 140 Å². The van der Waals surface area contributed by atoms with Crippen molar-refractivity contribution >= 4 is 49.8 Å². The SMILES string of the molecule is CCn1cc(C(=O)O)c(=O)c2cc(Nc3ccc(Cl)cc3)sc21. The van der Waals surface area contributed by atoms with Crippen LogP contribution in [0.4, 0.5) is 10.7 Å². The summed E-state index contributed by atoms with van der Waals surface area (Å²) in [6.07, 6.45) is 1.40. The lowest BCUT2D eigenvalue weighted by Crippen LogP contribution is -2.17. The quantitative estimate of drug-likeness (QED) is 0.742. The summed E-state index contributed by atoms with van der Waals surface area (Å²) in [7, 11) is 0. The van der Waals surface area contributed by atoms with Gasteiger partial charge >= 0.3 is 5.97 Å². The molecular weight excluding hydrogens is 336 g/mol. The predicted molar refractivity (Wildman–Crippen MR) is 93.5 cm³/mol. The molecule has 2 N–H and O–H groups in total. The second kappa shape index (κ2) is 6.06. The number of carbonyl (C=O) groups is 1. The third kappa shape index (κ3) is 2.95. The van der Waals surface area contributed by atoms with E-state index in [2.05, 4.69) is 5.32 Å². The summed E-state index contributed by atoms with van der Waals surface area (Å²) in [5, 5.41) is 14.2. The first-order valence-corrected chi connectivity index (χ1v) is 8.12. The van der Waals surface area contributed by atoms with Crippen LogP contribution >= 0.6 is 22.9 Å². The summed E-state index contributed by atoms with van der Waals surface area (Å²) in [4.78, 5) is 24.3. The van der Waals surface area contributed by atoms with Crippen molar-refractivity contribution in [3.05, 3.63) is 57.3 Å². The summed E-state index contributed by atoms with van der Waals surface area (Å²) >= 11 is 7.27. The first-order valence-electron chi connectivity index (χ1n) is 6.92. The lowest BCUT2D eigenvalue weighted by atomic mass is 10.2. The van der Waals surface area contributed by atoms with Gasteiger partial charge < -0.3 is 15.0 Å². The normalized spacial score (nSPS) is 10.9. The van der Waals surface area contributed by atoms with Gasteiger partial charge in [-0.2, -0.15) is 0 Å². The van der Waals surface area contributed by atoms with Gasteiger partial charge in [0.25, 0.3) is 0 Å². The largest absolute Gasteiger partial charge is 0.477 e. The van der Waals surface area contributed by atoms with E-state index >= 15 is 0 Å². The average Bonchev–Trinajstić information content (AvgIpc) is 2.94. The Hall–Kier alpha value is -2.31. The molecule has 0 radical (unpaired) electrons. The number of benzene rings is 1. The number of thiophene rings is 1. The van der Waals surface area contributed by atoms with E-state index in [0.29, 0.717) is 17.0 Å². The van der Waals surface area contributed by atoms with Crippen molar-refractivity contribution in [2.24, 2.45) is 0 Å². The number of nitrogens with zero attached hydrogens (tertiary/aromatic N) is 1. The molecule has 0 aliphatic rings. The molecule has 23 heavy (non-hydrogen) atoms. The lowest BCUT2D eigenvalue weighted by Gasteiger charge is -2.05. The van der Waals surface area contributed by atoms with Gasteiger partial charge in [-0.1, -0.05) is 22.9 Å². The standard InChI is InChI=1S/C16H13ClN2O3S/c1-2-19-8-12(16(21)22)14(20)11-7-13(23-15(11)19)18-10-5-3-9(17)4-6-10/h3-8,18H,2H2,1H3,(H,21,22). The topological polar surface area (TPSA) is 71.3 Å². The molecule has 0 aliphatic carbocycles. The van der Waals surface area contributed by atoms with E-state index in [1.807, 2.05) is 19.1 Å². The molecule has 0 unspecified atom stereocenters. The van der Waals surface area contributed by atoms with E-state index in [4.69, 9.17) is 11.6 Å². The van der Waals surface area contributed by atoms with Crippen LogP contribution in [0, 0.1) is 0 Å².